The third-order valence-electron chi connectivity index (χ3n) is 2.83. The first-order valence-electron chi connectivity index (χ1n) is 5.81. The predicted molar refractivity (Wildman–Crippen MR) is 69.5 cm³/mol. The molecule has 0 N–H and O–H groups in total. The van der Waals surface area contributed by atoms with E-state index in [1.54, 1.807) is 18.2 Å². The highest BCUT2D eigenvalue weighted by Gasteiger charge is 2.29. The number of carbonyl (C=O) groups excluding carboxylic acids is 2. The number of Topliss-reactive ketones (excluding diaryl/α,β-unsaturated/α-hetero) is 2. The number of carbonyl (C=O) groups is 2. The van der Waals surface area contributed by atoms with Crippen LogP contribution in [0.2, 0.25) is 0 Å². The maximum Gasteiger partial charge on any atom is 0.191 e. The number of furan rings is 1. The second-order valence-corrected chi connectivity index (χ2v) is 4.03. The maximum absolute atomic E-state index is 12.2. The standard InChI is InChI=1S/C15H11NO4/c1-19-12-4-2-10(3-5-12)14(17)13(8-16)15(18)11-6-7-20-9-11/h2-7,9,13H,1H3. The van der Waals surface area contributed by atoms with Gasteiger partial charge in [-0.25, -0.2) is 0 Å². The molecule has 0 aliphatic heterocycles. The molecule has 0 saturated heterocycles. The first-order chi connectivity index (χ1) is 9.67. The summed E-state index contributed by atoms with van der Waals surface area (Å²) in [7, 11) is 1.51. The zero-order valence-corrected chi connectivity index (χ0v) is 10.7. The van der Waals surface area contributed by atoms with E-state index in [1.165, 1.54) is 37.8 Å². The summed E-state index contributed by atoms with van der Waals surface area (Å²) in [4.78, 5) is 24.2. The van der Waals surface area contributed by atoms with Crippen molar-refractivity contribution >= 4 is 11.6 Å². The maximum atomic E-state index is 12.2. The third-order valence-corrected chi connectivity index (χ3v) is 2.83. The number of ether oxygens (including phenoxy) is 1. The topological polar surface area (TPSA) is 80.3 Å². The first-order valence-corrected chi connectivity index (χ1v) is 5.81. The van der Waals surface area contributed by atoms with Crippen LogP contribution in [0, 0.1) is 17.2 Å². The van der Waals surface area contributed by atoms with Crippen molar-refractivity contribution in [3.8, 4) is 11.8 Å². The Hall–Kier alpha value is -2.87. The molecule has 0 aliphatic carbocycles. The van der Waals surface area contributed by atoms with Crippen molar-refractivity contribution in [1.82, 2.24) is 0 Å². The Balaban J connectivity index is 2.25. The van der Waals surface area contributed by atoms with Gasteiger partial charge in [-0.2, -0.15) is 5.26 Å². The Bertz CT molecular complexity index is 650. The Morgan fingerprint density at radius 2 is 1.80 bits per heavy atom. The van der Waals surface area contributed by atoms with Gasteiger partial charge in [0, 0.05) is 5.56 Å². The lowest BCUT2D eigenvalue weighted by Crippen LogP contribution is -2.22. The zero-order chi connectivity index (χ0) is 14.5. The molecule has 1 atom stereocenters. The molecule has 2 rings (SSSR count). The van der Waals surface area contributed by atoms with Crippen molar-refractivity contribution in [3.05, 3.63) is 54.0 Å². The smallest absolute Gasteiger partial charge is 0.191 e. The van der Waals surface area contributed by atoms with E-state index >= 15 is 0 Å². The van der Waals surface area contributed by atoms with E-state index in [4.69, 9.17) is 14.4 Å². The van der Waals surface area contributed by atoms with Crippen LogP contribution in [0.3, 0.4) is 0 Å². The highest BCUT2D eigenvalue weighted by atomic mass is 16.5. The van der Waals surface area contributed by atoms with Crippen LogP contribution in [0.15, 0.2) is 47.3 Å². The van der Waals surface area contributed by atoms with Crippen LogP contribution in [0.25, 0.3) is 0 Å². The highest BCUT2D eigenvalue weighted by molar-refractivity contribution is 6.17. The van der Waals surface area contributed by atoms with Crippen LogP contribution >= 0.6 is 0 Å². The number of hydrogen-bond donors (Lipinski definition) is 0. The highest BCUT2D eigenvalue weighted by Crippen LogP contribution is 2.18. The SMILES string of the molecule is COc1ccc(C(=O)C(C#N)C(=O)c2ccoc2)cc1. The molecule has 1 aromatic heterocycles. The molecule has 1 heterocycles. The van der Waals surface area contributed by atoms with Crippen molar-refractivity contribution in [2.24, 2.45) is 5.92 Å². The van der Waals surface area contributed by atoms with Gasteiger partial charge in [0.1, 0.15) is 12.0 Å². The van der Waals surface area contributed by atoms with Crippen molar-refractivity contribution < 1.29 is 18.7 Å². The largest absolute Gasteiger partial charge is 0.497 e. The average molecular weight is 269 g/mol. The molecule has 1 aromatic carbocycles. The van der Waals surface area contributed by atoms with Crippen LogP contribution in [-0.4, -0.2) is 18.7 Å². The summed E-state index contributed by atoms with van der Waals surface area (Å²) in [5.41, 5.74) is 0.493. The summed E-state index contributed by atoms with van der Waals surface area (Å²) >= 11 is 0. The minimum Gasteiger partial charge on any atom is -0.497 e. The first kappa shape index (κ1) is 13.6. The van der Waals surface area contributed by atoms with E-state index in [1.807, 2.05) is 0 Å². The molecule has 0 spiro atoms. The van der Waals surface area contributed by atoms with Crippen molar-refractivity contribution in [2.45, 2.75) is 0 Å². The second-order valence-electron chi connectivity index (χ2n) is 4.03. The van der Waals surface area contributed by atoms with Crippen molar-refractivity contribution in [1.29, 1.82) is 5.26 Å². The number of methoxy groups -OCH3 is 1. The molecule has 5 heteroatoms. The Morgan fingerprint density at radius 3 is 2.30 bits per heavy atom. The fourth-order valence-electron chi connectivity index (χ4n) is 1.73. The van der Waals surface area contributed by atoms with E-state index in [2.05, 4.69) is 0 Å². The monoisotopic (exact) mass is 269 g/mol. The molecule has 0 bridgehead atoms. The number of hydrogen-bond acceptors (Lipinski definition) is 5. The van der Waals surface area contributed by atoms with Crippen LogP contribution < -0.4 is 4.74 Å². The van der Waals surface area contributed by atoms with Gasteiger partial charge in [-0.15, -0.1) is 0 Å². The molecular formula is C15H11NO4. The third kappa shape index (κ3) is 2.59. The minimum atomic E-state index is -1.37. The van der Waals surface area contributed by atoms with Crippen LogP contribution in [0.5, 0.6) is 5.75 Å². The second kappa shape index (κ2) is 5.85. The number of nitrogens with zero attached hydrogens (tertiary/aromatic N) is 1. The van der Waals surface area contributed by atoms with Gasteiger partial charge in [-0.05, 0) is 30.3 Å². The van der Waals surface area contributed by atoms with Gasteiger partial charge in [-0.3, -0.25) is 9.59 Å². The quantitative estimate of drug-likeness (QED) is 0.615. The lowest BCUT2D eigenvalue weighted by molar-refractivity contribution is 0.0845. The van der Waals surface area contributed by atoms with Crippen molar-refractivity contribution in [3.63, 3.8) is 0 Å². The number of ketones is 2. The summed E-state index contributed by atoms with van der Waals surface area (Å²) in [5, 5.41) is 9.08. The lowest BCUT2D eigenvalue weighted by atomic mass is 9.92. The van der Waals surface area contributed by atoms with Gasteiger partial charge in [-0.1, -0.05) is 0 Å². The predicted octanol–water partition coefficient (Wildman–Crippen LogP) is 2.49. The van der Waals surface area contributed by atoms with E-state index in [0.29, 0.717) is 5.75 Å². The van der Waals surface area contributed by atoms with Gasteiger partial charge in [0.2, 0.25) is 0 Å². The summed E-state index contributed by atoms with van der Waals surface area (Å²) in [6.07, 6.45) is 2.54. The van der Waals surface area contributed by atoms with Gasteiger partial charge < -0.3 is 9.15 Å². The van der Waals surface area contributed by atoms with E-state index in [-0.39, 0.29) is 11.1 Å². The molecule has 100 valence electrons. The molecule has 0 radical (unpaired) electrons. The lowest BCUT2D eigenvalue weighted by Gasteiger charge is -2.06. The fourth-order valence-corrected chi connectivity index (χ4v) is 1.73. The van der Waals surface area contributed by atoms with Gasteiger partial charge in [0.25, 0.3) is 0 Å². The minimum absolute atomic E-state index is 0.207. The van der Waals surface area contributed by atoms with Gasteiger partial charge in [0.05, 0.1) is 25.0 Å². The summed E-state index contributed by atoms with van der Waals surface area (Å²) in [6, 6.07) is 9.42. The summed E-state index contributed by atoms with van der Waals surface area (Å²) < 4.78 is 9.77. The Kier molecular flexibility index (Phi) is 3.96. The molecule has 1 unspecified atom stereocenters. The molecule has 5 nitrogen and oxygen atoms in total. The molecule has 0 fully saturated rings. The van der Waals surface area contributed by atoms with Crippen LogP contribution in [-0.2, 0) is 0 Å². The molecular weight excluding hydrogens is 258 g/mol. The molecule has 0 saturated carbocycles. The van der Waals surface area contributed by atoms with Crippen LogP contribution in [0.4, 0.5) is 0 Å². The van der Waals surface area contributed by atoms with E-state index in [0.717, 1.165) is 0 Å². The average Bonchev–Trinajstić information content (AvgIpc) is 3.02. The molecule has 20 heavy (non-hydrogen) atoms. The summed E-state index contributed by atoms with van der Waals surface area (Å²) in [5.74, 6) is -1.89. The molecule has 0 amide bonds. The Labute approximate surface area is 115 Å². The number of nitriles is 1. The molecule has 0 aliphatic rings. The Morgan fingerprint density at radius 1 is 1.15 bits per heavy atom. The number of rotatable bonds is 5. The van der Waals surface area contributed by atoms with Gasteiger partial charge >= 0.3 is 0 Å². The fraction of sp³-hybridized carbons (Fsp3) is 0.133. The number of benzene rings is 1. The summed E-state index contributed by atoms with van der Waals surface area (Å²) in [6.45, 7) is 0. The molecule has 2 aromatic rings. The zero-order valence-electron chi connectivity index (χ0n) is 10.7. The van der Waals surface area contributed by atoms with Gasteiger partial charge in [0.15, 0.2) is 17.5 Å². The van der Waals surface area contributed by atoms with Crippen LogP contribution in [0.1, 0.15) is 20.7 Å². The van der Waals surface area contributed by atoms with E-state index in [9.17, 15) is 9.59 Å². The van der Waals surface area contributed by atoms with E-state index < -0.39 is 17.5 Å². The normalized spacial score (nSPS) is 11.4. The van der Waals surface area contributed by atoms with Crippen molar-refractivity contribution in [2.75, 3.05) is 7.11 Å².